The van der Waals surface area contributed by atoms with Crippen molar-refractivity contribution in [2.75, 3.05) is 24.0 Å². The molecule has 0 saturated heterocycles. The number of amides is 2. The molecule has 10 heteroatoms. The Kier molecular flexibility index (Phi) is 13.1. The third-order valence-electron chi connectivity index (χ3n) is 5.34. The molecular formula is C25H32N4O4S2. The molecule has 2 amide bonds. The summed E-state index contributed by atoms with van der Waals surface area (Å²) in [6.07, 6.45) is 11.7. The van der Waals surface area contributed by atoms with Crippen LogP contribution in [-0.4, -0.2) is 69.4 Å². The van der Waals surface area contributed by atoms with E-state index in [1.165, 1.54) is 24.8 Å². The Labute approximate surface area is 214 Å². The number of Topliss-reactive ketones (excluding diaryl/α,β-unsaturated/α-hetero) is 2. The second-order valence-electron chi connectivity index (χ2n) is 7.87. The van der Waals surface area contributed by atoms with E-state index in [-0.39, 0.29) is 36.2 Å². The predicted molar refractivity (Wildman–Crippen MR) is 141 cm³/mol. The third kappa shape index (κ3) is 10.2. The lowest BCUT2D eigenvalue weighted by atomic mass is 9.99. The Morgan fingerprint density at radius 3 is 1.43 bits per heavy atom. The molecule has 2 heterocycles. The highest BCUT2D eigenvalue weighted by Crippen LogP contribution is 2.12. The predicted octanol–water partition coefficient (Wildman–Crippen LogP) is 3.19. The van der Waals surface area contributed by atoms with E-state index >= 15 is 0 Å². The number of ketones is 2. The monoisotopic (exact) mass is 516 g/mol. The molecule has 8 nitrogen and oxygen atoms in total. The van der Waals surface area contributed by atoms with Crippen LogP contribution in [0.25, 0.3) is 0 Å². The Bertz CT molecular complexity index is 883. The molecule has 0 aliphatic rings. The molecule has 0 unspecified atom stereocenters. The van der Waals surface area contributed by atoms with Gasteiger partial charge in [0, 0.05) is 48.8 Å². The molecule has 2 N–H and O–H groups in total. The second kappa shape index (κ2) is 16.0. The largest absolute Gasteiger partial charge is 0.342 e. The topological polar surface area (TPSA) is 118 Å². The van der Waals surface area contributed by atoms with Gasteiger partial charge in [-0.3, -0.25) is 29.1 Å². The van der Waals surface area contributed by atoms with E-state index in [0.29, 0.717) is 30.4 Å². The lowest BCUT2D eigenvalue weighted by Gasteiger charge is -2.19. The normalized spacial score (nSPS) is 12.4. The number of nitrogens with one attached hydrogen (secondary N) is 2. The summed E-state index contributed by atoms with van der Waals surface area (Å²) in [4.78, 5) is 58.6. The van der Waals surface area contributed by atoms with Crippen LogP contribution < -0.4 is 10.6 Å². The minimum atomic E-state index is -0.614. The van der Waals surface area contributed by atoms with Gasteiger partial charge in [0.25, 0.3) is 11.8 Å². The molecule has 0 spiro atoms. The van der Waals surface area contributed by atoms with Crippen molar-refractivity contribution in [3.63, 3.8) is 0 Å². The molecule has 35 heavy (non-hydrogen) atoms. The zero-order chi connectivity index (χ0) is 25.5. The number of rotatable bonds is 16. The standard InChI is InChI=1S/C25H32N4O4S2/c1-34-16-10-20(28-24(32)18-6-12-26-13-7-18)22(30)4-3-5-23(31)21(11-17-35-2)29-25(33)19-8-14-27-15-9-19/h6-9,12-15,20-21H,3-5,10-11,16-17H2,1-2H3,(H,28,32)(H,29,33)/t20-,21-/m0/s1. The molecule has 2 aromatic rings. The lowest BCUT2D eigenvalue weighted by Crippen LogP contribution is -2.42. The van der Waals surface area contributed by atoms with Gasteiger partial charge in [-0.05, 0) is 67.5 Å². The van der Waals surface area contributed by atoms with Crippen molar-refractivity contribution in [1.82, 2.24) is 20.6 Å². The van der Waals surface area contributed by atoms with Crippen LogP contribution in [0.5, 0.6) is 0 Å². The highest BCUT2D eigenvalue weighted by atomic mass is 32.2. The Morgan fingerprint density at radius 2 is 1.09 bits per heavy atom. The van der Waals surface area contributed by atoms with E-state index in [2.05, 4.69) is 20.6 Å². The van der Waals surface area contributed by atoms with Gasteiger partial charge in [-0.25, -0.2) is 0 Å². The fourth-order valence-electron chi connectivity index (χ4n) is 3.37. The summed E-state index contributed by atoms with van der Waals surface area (Å²) in [5, 5.41) is 5.64. The van der Waals surface area contributed by atoms with Gasteiger partial charge >= 0.3 is 0 Å². The van der Waals surface area contributed by atoms with Gasteiger partial charge in [-0.1, -0.05) is 0 Å². The molecule has 0 aliphatic heterocycles. The molecule has 0 bridgehead atoms. The van der Waals surface area contributed by atoms with Crippen LogP contribution in [0, 0.1) is 0 Å². The van der Waals surface area contributed by atoms with Crippen LogP contribution in [0.15, 0.2) is 49.1 Å². The summed E-state index contributed by atoms with van der Waals surface area (Å²) < 4.78 is 0. The van der Waals surface area contributed by atoms with Crippen LogP contribution >= 0.6 is 23.5 Å². The van der Waals surface area contributed by atoms with Gasteiger partial charge in [0.2, 0.25) is 0 Å². The molecule has 188 valence electrons. The van der Waals surface area contributed by atoms with Gasteiger partial charge in [0.05, 0.1) is 12.1 Å². The van der Waals surface area contributed by atoms with Crippen molar-refractivity contribution in [2.45, 2.75) is 44.2 Å². The molecule has 2 aromatic heterocycles. The lowest BCUT2D eigenvalue weighted by molar-refractivity contribution is -0.122. The van der Waals surface area contributed by atoms with E-state index in [1.807, 2.05) is 12.5 Å². The fraction of sp³-hybridized carbons (Fsp3) is 0.440. The third-order valence-corrected chi connectivity index (χ3v) is 6.63. The fourth-order valence-corrected chi connectivity index (χ4v) is 4.32. The maximum Gasteiger partial charge on any atom is 0.251 e. The van der Waals surface area contributed by atoms with Crippen LogP contribution in [0.4, 0.5) is 0 Å². The van der Waals surface area contributed by atoms with Crippen LogP contribution in [0.2, 0.25) is 0 Å². The van der Waals surface area contributed by atoms with Gasteiger partial charge in [-0.2, -0.15) is 23.5 Å². The van der Waals surface area contributed by atoms with E-state index in [0.717, 1.165) is 11.5 Å². The number of hydrogen-bond donors (Lipinski definition) is 2. The second-order valence-corrected chi connectivity index (χ2v) is 9.84. The Balaban J connectivity index is 1.91. The minimum Gasteiger partial charge on any atom is -0.342 e. The summed E-state index contributed by atoms with van der Waals surface area (Å²) in [5.74, 6) is 0.609. The van der Waals surface area contributed by atoms with Crippen molar-refractivity contribution in [2.24, 2.45) is 0 Å². The summed E-state index contributed by atoms with van der Waals surface area (Å²) >= 11 is 3.20. The summed E-state index contributed by atoms with van der Waals surface area (Å²) in [6, 6.07) is 5.16. The summed E-state index contributed by atoms with van der Waals surface area (Å²) in [7, 11) is 0. The molecule has 0 saturated carbocycles. The average Bonchev–Trinajstić information content (AvgIpc) is 2.89. The Hall–Kier alpha value is -2.72. The molecule has 0 aliphatic carbocycles. The number of carbonyl (C=O) groups is 4. The molecule has 2 rings (SSSR count). The van der Waals surface area contributed by atoms with E-state index in [9.17, 15) is 19.2 Å². The van der Waals surface area contributed by atoms with Crippen molar-refractivity contribution in [3.8, 4) is 0 Å². The number of nitrogens with zero attached hydrogens (tertiary/aromatic N) is 2. The number of hydrogen-bond acceptors (Lipinski definition) is 8. The molecule has 2 atom stereocenters. The highest BCUT2D eigenvalue weighted by molar-refractivity contribution is 7.98. The minimum absolute atomic E-state index is 0.101. The zero-order valence-corrected chi connectivity index (χ0v) is 21.7. The van der Waals surface area contributed by atoms with Gasteiger partial charge in [0.1, 0.15) is 0 Å². The first-order valence-electron chi connectivity index (χ1n) is 11.4. The Morgan fingerprint density at radius 1 is 0.714 bits per heavy atom. The van der Waals surface area contributed by atoms with Crippen LogP contribution in [0.1, 0.15) is 52.8 Å². The molecule has 0 fully saturated rings. The first kappa shape index (κ1) is 28.5. The van der Waals surface area contributed by atoms with Gasteiger partial charge < -0.3 is 10.6 Å². The van der Waals surface area contributed by atoms with E-state index in [1.54, 1.807) is 47.8 Å². The number of pyridine rings is 2. The summed E-state index contributed by atoms with van der Waals surface area (Å²) in [5.41, 5.74) is 0.886. The van der Waals surface area contributed by atoms with Crippen molar-refractivity contribution in [1.29, 1.82) is 0 Å². The number of thioether (sulfide) groups is 2. The van der Waals surface area contributed by atoms with Crippen molar-refractivity contribution in [3.05, 3.63) is 60.2 Å². The number of aromatic nitrogens is 2. The molecule has 0 aromatic carbocycles. The first-order valence-corrected chi connectivity index (χ1v) is 14.2. The zero-order valence-electron chi connectivity index (χ0n) is 20.1. The first-order chi connectivity index (χ1) is 17.0. The highest BCUT2D eigenvalue weighted by Gasteiger charge is 2.24. The molecule has 0 radical (unpaired) electrons. The average molecular weight is 517 g/mol. The van der Waals surface area contributed by atoms with E-state index in [4.69, 9.17) is 0 Å². The van der Waals surface area contributed by atoms with Crippen molar-refractivity contribution >= 4 is 46.9 Å². The van der Waals surface area contributed by atoms with E-state index < -0.39 is 12.1 Å². The summed E-state index contributed by atoms with van der Waals surface area (Å²) in [6.45, 7) is 0. The van der Waals surface area contributed by atoms with Gasteiger partial charge in [0.15, 0.2) is 11.6 Å². The van der Waals surface area contributed by atoms with Crippen LogP contribution in [-0.2, 0) is 9.59 Å². The maximum absolute atomic E-state index is 12.9. The molecular weight excluding hydrogens is 484 g/mol. The van der Waals surface area contributed by atoms with Gasteiger partial charge in [-0.15, -0.1) is 0 Å². The smallest absolute Gasteiger partial charge is 0.251 e. The maximum atomic E-state index is 12.9. The number of carbonyl (C=O) groups excluding carboxylic acids is 4. The SMILES string of the molecule is CSCC[C@H](NC(=O)c1ccncc1)C(=O)CCCC(=O)[C@H](CCSC)NC(=O)c1ccncc1. The quantitative estimate of drug-likeness (QED) is 0.349. The van der Waals surface area contributed by atoms with Crippen LogP contribution in [0.3, 0.4) is 0 Å². The van der Waals surface area contributed by atoms with Crippen molar-refractivity contribution < 1.29 is 19.2 Å².